The van der Waals surface area contributed by atoms with E-state index in [2.05, 4.69) is 10.4 Å². The fourth-order valence-electron chi connectivity index (χ4n) is 1.30. The SMILES string of the molecule is CCCNC(=O)C(=O)N/N=C\c1ccc(O)c([N+](=O)[O-])c1. The molecular formula is C12H14N4O5. The summed E-state index contributed by atoms with van der Waals surface area (Å²) < 4.78 is 0. The molecule has 0 aliphatic heterocycles. The predicted octanol–water partition coefficient (Wildman–Crippen LogP) is 0.277. The number of amides is 2. The van der Waals surface area contributed by atoms with Gasteiger partial charge in [-0.05, 0) is 18.6 Å². The van der Waals surface area contributed by atoms with Gasteiger partial charge in [0.05, 0.1) is 11.1 Å². The summed E-state index contributed by atoms with van der Waals surface area (Å²) in [6.07, 6.45) is 1.82. The van der Waals surface area contributed by atoms with Gasteiger partial charge in [-0.2, -0.15) is 5.10 Å². The first kappa shape index (κ1) is 16.1. The van der Waals surface area contributed by atoms with E-state index >= 15 is 0 Å². The van der Waals surface area contributed by atoms with Crippen LogP contribution in [0.2, 0.25) is 0 Å². The number of nitrogens with one attached hydrogen (secondary N) is 2. The summed E-state index contributed by atoms with van der Waals surface area (Å²) in [5, 5.41) is 25.8. The molecule has 0 aromatic heterocycles. The van der Waals surface area contributed by atoms with Crippen LogP contribution in [0.5, 0.6) is 5.75 Å². The molecule has 9 heteroatoms. The van der Waals surface area contributed by atoms with E-state index < -0.39 is 28.2 Å². The molecule has 0 saturated heterocycles. The molecule has 0 heterocycles. The Morgan fingerprint density at radius 3 is 2.76 bits per heavy atom. The smallest absolute Gasteiger partial charge is 0.329 e. The largest absolute Gasteiger partial charge is 0.502 e. The number of aromatic hydroxyl groups is 1. The zero-order valence-electron chi connectivity index (χ0n) is 11.2. The maximum Gasteiger partial charge on any atom is 0.329 e. The number of phenols is 1. The van der Waals surface area contributed by atoms with Gasteiger partial charge in [-0.1, -0.05) is 6.92 Å². The molecule has 0 aliphatic rings. The molecule has 1 aromatic carbocycles. The number of hydrogen-bond acceptors (Lipinski definition) is 6. The van der Waals surface area contributed by atoms with Crippen molar-refractivity contribution in [2.75, 3.05) is 6.54 Å². The summed E-state index contributed by atoms with van der Waals surface area (Å²) in [7, 11) is 0. The van der Waals surface area contributed by atoms with Crippen LogP contribution in [0, 0.1) is 10.1 Å². The Balaban J connectivity index is 2.65. The second kappa shape index (κ2) is 7.58. The summed E-state index contributed by atoms with van der Waals surface area (Å²) in [4.78, 5) is 32.4. The molecule has 1 rings (SSSR count). The van der Waals surface area contributed by atoms with Crippen LogP contribution in [0.4, 0.5) is 5.69 Å². The zero-order valence-corrected chi connectivity index (χ0v) is 11.2. The van der Waals surface area contributed by atoms with E-state index in [9.17, 15) is 24.8 Å². The van der Waals surface area contributed by atoms with Crippen molar-refractivity contribution in [2.45, 2.75) is 13.3 Å². The van der Waals surface area contributed by atoms with E-state index in [1.807, 2.05) is 12.3 Å². The van der Waals surface area contributed by atoms with Crippen molar-refractivity contribution in [1.29, 1.82) is 0 Å². The van der Waals surface area contributed by atoms with Crippen LogP contribution in [0.1, 0.15) is 18.9 Å². The van der Waals surface area contributed by atoms with Crippen LogP contribution in [0.25, 0.3) is 0 Å². The van der Waals surface area contributed by atoms with E-state index in [4.69, 9.17) is 0 Å². The lowest BCUT2D eigenvalue weighted by Crippen LogP contribution is -2.38. The lowest BCUT2D eigenvalue weighted by Gasteiger charge is -2.01. The number of nitrogens with zero attached hydrogens (tertiary/aromatic N) is 2. The average Bonchev–Trinajstić information content (AvgIpc) is 2.45. The molecule has 0 bridgehead atoms. The fourth-order valence-corrected chi connectivity index (χ4v) is 1.30. The minimum atomic E-state index is -0.937. The Hall–Kier alpha value is -2.97. The van der Waals surface area contributed by atoms with Crippen LogP contribution in [-0.4, -0.2) is 34.6 Å². The molecular weight excluding hydrogens is 280 g/mol. The molecule has 2 amide bonds. The molecule has 3 N–H and O–H groups in total. The second-order valence-electron chi connectivity index (χ2n) is 3.96. The molecule has 0 unspecified atom stereocenters. The highest BCUT2D eigenvalue weighted by molar-refractivity contribution is 6.35. The molecule has 0 fully saturated rings. The van der Waals surface area contributed by atoms with Crippen LogP contribution < -0.4 is 10.7 Å². The van der Waals surface area contributed by atoms with Gasteiger partial charge >= 0.3 is 17.5 Å². The van der Waals surface area contributed by atoms with Gasteiger partial charge in [0.25, 0.3) is 0 Å². The van der Waals surface area contributed by atoms with Gasteiger partial charge in [-0.15, -0.1) is 0 Å². The van der Waals surface area contributed by atoms with Crippen LogP contribution >= 0.6 is 0 Å². The van der Waals surface area contributed by atoms with Crippen molar-refractivity contribution in [3.05, 3.63) is 33.9 Å². The van der Waals surface area contributed by atoms with E-state index in [1.165, 1.54) is 6.07 Å². The first-order chi connectivity index (χ1) is 9.95. The molecule has 112 valence electrons. The van der Waals surface area contributed by atoms with Crippen molar-refractivity contribution in [3.63, 3.8) is 0 Å². The number of carbonyl (C=O) groups is 2. The summed E-state index contributed by atoms with van der Waals surface area (Å²) in [5.74, 6) is -2.22. The van der Waals surface area contributed by atoms with Crippen LogP contribution in [0.3, 0.4) is 0 Å². The lowest BCUT2D eigenvalue weighted by molar-refractivity contribution is -0.385. The number of hydrazone groups is 1. The Bertz CT molecular complexity index is 585. The van der Waals surface area contributed by atoms with Gasteiger partial charge in [-0.3, -0.25) is 19.7 Å². The van der Waals surface area contributed by atoms with E-state index in [0.29, 0.717) is 13.0 Å². The highest BCUT2D eigenvalue weighted by atomic mass is 16.6. The summed E-state index contributed by atoms with van der Waals surface area (Å²) in [6, 6.07) is 3.59. The van der Waals surface area contributed by atoms with Crippen LogP contribution in [-0.2, 0) is 9.59 Å². The van der Waals surface area contributed by atoms with Gasteiger partial charge in [0.15, 0.2) is 5.75 Å². The minimum absolute atomic E-state index is 0.286. The molecule has 21 heavy (non-hydrogen) atoms. The van der Waals surface area contributed by atoms with Crippen LogP contribution in [0.15, 0.2) is 23.3 Å². The number of phenolic OH excluding ortho intramolecular Hbond substituents is 1. The molecule has 0 saturated carbocycles. The van der Waals surface area contributed by atoms with E-state index in [0.717, 1.165) is 18.3 Å². The fraction of sp³-hybridized carbons (Fsp3) is 0.250. The maximum absolute atomic E-state index is 11.3. The minimum Gasteiger partial charge on any atom is -0.502 e. The molecule has 0 spiro atoms. The number of benzene rings is 1. The first-order valence-electron chi connectivity index (χ1n) is 6.04. The normalized spacial score (nSPS) is 10.3. The summed E-state index contributed by atoms with van der Waals surface area (Å²) >= 11 is 0. The monoisotopic (exact) mass is 294 g/mol. The van der Waals surface area contributed by atoms with Crippen molar-refractivity contribution in [1.82, 2.24) is 10.7 Å². The highest BCUT2D eigenvalue weighted by Gasteiger charge is 2.13. The lowest BCUT2D eigenvalue weighted by atomic mass is 10.2. The highest BCUT2D eigenvalue weighted by Crippen LogP contribution is 2.25. The summed E-state index contributed by atoms with van der Waals surface area (Å²) in [5.41, 5.74) is 1.79. The topological polar surface area (TPSA) is 134 Å². The van der Waals surface area contributed by atoms with Gasteiger partial charge in [0.2, 0.25) is 0 Å². The number of nitro benzene ring substituents is 1. The summed E-state index contributed by atoms with van der Waals surface area (Å²) in [6.45, 7) is 2.22. The first-order valence-corrected chi connectivity index (χ1v) is 6.04. The third-order valence-electron chi connectivity index (χ3n) is 2.32. The van der Waals surface area contributed by atoms with Crippen molar-refractivity contribution >= 4 is 23.7 Å². The second-order valence-corrected chi connectivity index (χ2v) is 3.96. The van der Waals surface area contributed by atoms with Gasteiger partial charge in [0.1, 0.15) is 0 Å². The molecule has 0 aliphatic carbocycles. The number of rotatable bonds is 5. The third kappa shape index (κ3) is 4.90. The van der Waals surface area contributed by atoms with Crippen molar-refractivity contribution in [3.8, 4) is 5.75 Å². The number of hydrogen-bond donors (Lipinski definition) is 3. The van der Waals surface area contributed by atoms with E-state index in [1.54, 1.807) is 0 Å². The van der Waals surface area contributed by atoms with Gasteiger partial charge in [-0.25, -0.2) is 5.43 Å². The van der Waals surface area contributed by atoms with Crippen molar-refractivity contribution in [2.24, 2.45) is 5.10 Å². The molecule has 1 aromatic rings. The van der Waals surface area contributed by atoms with E-state index in [-0.39, 0.29) is 5.56 Å². The number of nitro groups is 1. The Kier molecular flexibility index (Phi) is 5.80. The standard InChI is InChI=1S/C12H14N4O5/c1-2-5-13-11(18)12(19)15-14-7-8-3-4-10(17)9(6-8)16(20)21/h3-4,6-7,17H,2,5H2,1H3,(H,13,18)(H,15,19)/b14-7-. The molecule has 0 atom stereocenters. The van der Waals surface area contributed by atoms with Gasteiger partial charge in [0, 0.05) is 18.2 Å². The van der Waals surface area contributed by atoms with Crippen molar-refractivity contribution < 1.29 is 19.6 Å². The Morgan fingerprint density at radius 1 is 1.43 bits per heavy atom. The maximum atomic E-state index is 11.3. The number of carbonyl (C=O) groups excluding carboxylic acids is 2. The zero-order chi connectivity index (χ0) is 15.8. The molecule has 9 nitrogen and oxygen atoms in total. The Morgan fingerprint density at radius 2 is 2.14 bits per heavy atom. The van der Waals surface area contributed by atoms with Gasteiger partial charge < -0.3 is 10.4 Å². The third-order valence-corrected chi connectivity index (χ3v) is 2.32. The average molecular weight is 294 g/mol. The Labute approximate surface area is 119 Å². The molecule has 0 radical (unpaired) electrons. The predicted molar refractivity (Wildman–Crippen MR) is 73.8 cm³/mol. The quantitative estimate of drug-likeness (QED) is 0.310.